The summed E-state index contributed by atoms with van der Waals surface area (Å²) in [5, 5.41) is 6.39. The molecule has 0 aromatic heterocycles. The van der Waals surface area contributed by atoms with Crippen LogP contribution in [0.5, 0.6) is 0 Å². The number of esters is 1. The fourth-order valence-electron chi connectivity index (χ4n) is 3.89. The van der Waals surface area contributed by atoms with Gasteiger partial charge in [0.25, 0.3) is 0 Å². The second-order valence-corrected chi connectivity index (χ2v) is 8.31. The Morgan fingerprint density at radius 2 is 1.63 bits per heavy atom. The summed E-state index contributed by atoms with van der Waals surface area (Å²) in [5.41, 5.74) is 0.654. The lowest BCUT2D eigenvalue weighted by atomic mass is 9.80. The summed E-state index contributed by atoms with van der Waals surface area (Å²) in [6.45, 7) is 2.89. The van der Waals surface area contributed by atoms with Crippen LogP contribution >= 0.6 is 0 Å². The molecule has 1 saturated carbocycles. The van der Waals surface area contributed by atoms with E-state index < -0.39 is 5.41 Å². The van der Waals surface area contributed by atoms with E-state index in [1.807, 2.05) is 61.5 Å². The van der Waals surface area contributed by atoms with Gasteiger partial charge in [-0.15, -0.1) is 0 Å². The first kappa shape index (κ1) is 23.9. The molecule has 1 aromatic rings. The average Bonchev–Trinajstić information content (AvgIpc) is 2.83. The first-order chi connectivity index (χ1) is 14.5. The van der Waals surface area contributed by atoms with Crippen LogP contribution in [-0.2, 0) is 20.9 Å². The number of carbonyl (C=O) groups is 2. The predicted molar refractivity (Wildman–Crippen MR) is 120 cm³/mol. The van der Waals surface area contributed by atoms with E-state index in [1.165, 1.54) is 7.11 Å². The normalized spacial score (nSPS) is 21.9. The van der Waals surface area contributed by atoms with Crippen LogP contribution < -0.4 is 10.6 Å². The Balaban J connectivity index is 1.85. The Bertz CT molecular complexity index is 711. The van der Waals surface area contributed by atoms with Crippen molar-refractivity contribution in [3.8, 4) is 0 Å². The Morgan fingerprint density at radius 3 is 2.30 bits per heavy atom. The monoisotopic (exact) mass is 412 g/mol. The van der Waals surface area contributed by atoms with Crippen LogP contribution in [-0.4, -0.2) is 31.6 Å². The highest BCUT2D eigenvalue weighted by molar-refractivity contribution is 5.78. The third-order valence-corrected chi connectivity index (χ3v) is 5.77. The lowest BCUT2D eigenvalue weighted by molar-refractivity contribution is -0.152. The van der Waals surface area contributed by atoms with Gasteiger partial charge in [0.05, 0.1) is 19.1 Å². The van der Waals surface area contributed by atoms with Crippen molar-refractivity contribution < 1.29 is 14.3 Å². The van der Waals surface area contributed by atoms with E-state index in [-0.39, 0.29) is 24.5 Å². The topological polar surface area (TPSA) is 67.4 Å². The molecule has 0 saturated heterocycles. The maximum atomic E-state index is 12.5. The predicted octanol–water partition coefficient (Wildman–Crippen LogP) is 4.31. The van der Waals surface area contributed by atoms with E-state index in [0.717, 1.165) is 50.5 Å². The number of rotatable bonds is 6. The van der Waals surface area contributed by atoms with Gasteiger partial charge in [0.2, 0.25) is 5.91 Å². The van der Waals surface area contributed by atoms with E-state index in [2.05, 4.69) is 10.6 Å². The number of carbonyl (C=O) groups excluding carboxylic acids is 2. The van der Waals surface area contributed by atoms with Crippen molar-refractivity contribution in [2.24, 2.45) is 5.41 Å². The van der Waals surface area contributed by atoms with Crippen LogP contribution in [0.4, 0.5) is 0 Å². The van der Waals surface area contributed by atoms with Gasteiger partial charge in [-0.25, -0.2) is 0 Å². The third kappa shape index (κ3) is 8.54. The summed E-state index contributed by atoms with van der Waals surface area (Å²) < 4.78 is 5.03. The maximum absolute atomic E-state index is 12.5. The van der Waals surface area contributed by atoms with Gasteiger partial charge in [0.15, 0.2) is 0 Å². The number of hydrogen-bond acceptors (Lipinski definition) is 4. The minimum absolute atomic E-state index is 0.00170. The van der Waals surface area contributed by atoms with Crippen molar-refractivity contribution in [1.82, 2.24) is 10.6 Å². The van der Waals surface area contributed by atoms with Crippen LogP contribution in [0.15, 0.2) is 54.6 Å². The third-order valence-electron chi connectivity index (χ3n) is 5.77. The molecule has 30 heavy (non-hydrogen) atoms. The summed E-state index contributed by atoms with van der Waals surface area (Å²) in [6, 6.07) is 18.1. The van der Waals surface area contributed by atoms with Gasteiger partial charge < -0.3 is 15.4 Å². The summed E-state index contributed by atoms with van der Waals surface area (Å²) in [6.07, 6.45) is 6.53. The summed E-state index contributed by atoms with van der Waals surface area (Å²) in [4.78, 5) is 24.7. The summed E-state index contributed by atoms with van der Waals surface area (Å²) in [7, 11) is 1.46. The summed E-state index contributed by atoms with van der Waals surface area (Å²) >= 11 is 0. The molecule has 0 bridgehead atoms. The number of methoxy groups -OCH3 is 1. The number of nitrogens with one attached hydrogen (secondary N) is 2. The molecule has 1 aliphatic rings. The van der Waals surface area contributed by atoms with E-state index in [9.17, 15) is 9.59 Å². The average molecular weight is 413 g/mol. The highest BCUT2D eigenvalue weighted by Gasteiger charge is 2.35. The van der Waals surface area contributed by atoms with Crippen molar-refractivity contribution in [1.29, 1.82) is 0 Å². The molecular formula is C25H36N2O3. The van der Waals surface area contributed by atoms with Crippen molar-refractivity contribution in [3.63, 3.8) is 0 Å². The molecule has 5 heteroatoms. The van der Waals surface area contributed by atoms with Crippen LogP contribution in [0.25, 0.3) is 0 Å². The van der Waals surface area contributed by atoms with Gasteiger partial charge in [-0.1, -0.05) is 73.9 Å². The molecule has 0 heterocycles. The first-order valence-corrected chi connectivity index (χ1v) is 11.0. The molecule has 1 aliphatic carbocycles. The molecule has 2 unspecified atom stereocenters. The van der Waals surface area contributed by atoms with Crippen LogP contribution in [0, 0.1) is 5.41 Å². The van der Waals surface area contributed by atoms with Gasteiger partial charge in [0, 0.05) is 12.6 Å². The Labute approximate surface area is 180 Å². The zero-order chi connectivity index (χ0) is 21.7. The number of ether oxygens (including phenoxy) is 1. The van der Waals surface area contributed by atoms with Gasteiger partial charge in [-0.3, -0.25) is 9.59 Å². The summed E-state index contributed by atoms with van der Waals surface area (Å²) in [5.74, 6) is -0.135. The fourth-order valence-corrected chi connectivity index (χ4v) is 3.89. The fraction of sp³-hybridized carbons (Fsp3) is 0.520. The molecule has 0 aliphatic heterocycles. The molecule has 0 radical (unpaired) electrons. The maximum Gasteiger partial charge on any atom is 0.311 e. The quantitative estimate of drug-likeness (QED) is 0.683. The van der Waals surface area contributed by atoms with Gasteiger partial charge >= 0.3 is 5.97 Å². The molecule has 5 nitrogen and oxygen atoms in total. The van der Waals surface area contributed by atoms with Gasteiger partial charge in [-0.05, 0) is 38.2 Å². The Kier molecular flexibility index (Phi) is 10.4. The second kappa shape index (κ2) is 13.0. The van der Waals surface area contributed by atoms with E-state index in [4.69, 9.17) is 4.74 Å². The molecular weight excluding hydrogens is 376 g/mol. The largest absolute Gasteiger partial charge is 0.469 e. The van der Waals surface area contributed by atoms with Crippen LogP contribution in [0.2, 0.25) is 0 Å². The Hall–Kier alpha value is -2.40. The van der Waals surface area contributed by atoms with Crippen LogP contribution in [0.1, 0.15) is 57.4 Å². The lowest BCUT2D eigenvalue weighted by Crippen LogP contribution is -2.41. The SMILES string of the molecule is COC(=O)C1(C)CCCCCC(NC(=O)CNCc2ccccccccc2)CC1. The van der Waals surface area contributed by atoms with Crippen molar-refractivity contribution in [2.75, 3.05) is 13.7 Å². The molecule has 1 fully saturated rings. The standard InChI is InChI=1S/C25H36N2O3/c1-25(24(29)30-2)17-12-8-11-15-22(16-18-25)27-23(28)20-26-19-21-13-9-6-4-3-5-7-10-14-21/h3-7,9-10,13-14,22,26H,8,11-12,15-20H2,1-2H3,(H,27,28). The molecule has 2 atom stereocenters. The highest BCUT2D eigenvalue weighted by atomic mass is 16.5. The van der Waals surface area contributed by atoms with E-state index in [1.54, 1.807) is 0 Å². The molecule has 0 spiro atoms. The van der Waals surface area contributed by atoms with E-state index >= 15 is 0 Å². The molecule has 2 rings (SSSR count). The smallest absolute Gasteiger partial charge is 0.311 e. The zero-order valence-electron chi connectivity index (χ0n) is 18.4. The van der Waals surface area contributed by atoms with Crippen molar-refractivity contribution in [3.05, 3.63) is 60.2 Å². The zero-order valence-corrected chi connectivity index (χ0v) is 18.4. The minimum Gasteiger partial charge on any atom is -0.469 e. The number of amides is 1. The first-order valence-electron chi connectivity index (χ1n) is 11.0. The Morgan fingerprint density at radius 1 is 0.967 bits per heavy atom. The van der Waals surface area contributed by atoms with Crippen molar-refractivity contribution in [2.45, 2.75) is 64.5 Å². The van der Waals surface area contributed by atoms with E-state index in [0.29, 0.717) is 6.54 Å². The van der Waals surface area contributed by atoms with Crippen LogP contribution in [0.3, 0.4) is 0 Å². The van der Waals surface area contributed by atoms with Gasteiger partial charge in [-0.2, -0.15) is 0 Å². The minimum atomic E-state index is -0.452. The molecule has 1 aromatic carbocycles. The lowest BCUT2D eigenvalue weighted by Gasteiger charge is -2.27. The molecule has 164 valence electrons. The second-order valence-electron chi connectivity index (χ2n) is 8.31. The number of hydrogen-bond donors (Lipinski definition) is 2. The highest BCUT2D eigenvalue weighted by Crippen LogP contribution is 2.34. The molecule has 1 amide bonds. The van der Waals surface area contributed by atoms with Crippen molar-refractivity contribution >= 4 is 11.9 Å². The van der Waals surface area contributed by atoms with Gasteiger partial charge in [0.1, 0.15) is 0 Å². The molecule has 2 N–H and O–H groups in total.